The van der Waals surface area contributed by atoms with Gasteiger partial charge in [-0.15, -0.1) is 0 Å². The molecule has 2 aromatic carbocycles. The summed E-state index contributed by atoms with van der Waals surface area (Å²) in [6, 6.07) is 15.0. The molecule has 0 saturated carbocycles. The van der Waals surface area contributed by atoms with E-state index in [2.05, 4.69) is 20.7 Å². The number of carbonyl (C=O) groups excluding carboxylic acids is 1. The van der Waals surface area contributed by atoms with Crippen molar-refractivity contribution in [2.24, 2.45) is 5.10 Å². The van der Waals surface area contributed by atoms with Crippen molar-refractivity contribution in [3.05, 3.63) is 80.5 Å². The summed E-state index contributed by atoms with van der Waals surface area (Å²) in [6.45, 7) is 1.99. The zero-order valence-corrected chi connectivity index (χ0v) is 18.1. The molecule has 0 bridgehead atoms. The van der Waals surface area contributed by atoms with Gasteiger partial charge in [0.15, 0.2) is 16.5 Å². The van der Waals surface area contributed by atoms with Gasteiger partial charge in [-0.3, -0.25) is 14.6 Å². The van der Waals surface area contributed by atoms with Crippen molar-refractivity contribution in [2.75, 3.05) is 7.11 Å². The van der Waals surface area contributed by atoms with Gasteiger partial charge in [0, 0.05) is 0 Å². The third kappa shape index (κ3) is 6.32. The average Bonchev–Trinajstić information content (AvgIpc) is 2.80. The normalized spacial score (nSPS) is 11.8. The van der Waals surface area contributed by atoms with Crippen molar-refractivity contribution in [3.63, 3.8) is 0 Å². The first kappa shape index (κ1) is 22.8. The van der Waals surface area contributed by atoms with Crippen LogP contribution in [-0.4, -0.2) is 39.7 Å². The lowest BCUT2D eigenvalue weighted by Crippen LogP contribution is -2.30. The van der Waals surface area contributed by atoms with E-state index in [1.54, 1.807) is 32.2 Å². The Labute approximate surface area is 187 Å². The van der Waals surface area contributed by atoms with Gasteiger partial charge in [0.05, 0.1) is 18.6 Å². The summed E-state index contributed by atoms with van der Waals surface area (Å²) in [5.41, 5.74) is 2.75. The van der Waals surface area contributed by atoms with E-state index in [0.717, 1.165) is 17.3 Å². The number of ether oxygens (including phenoxy) is 2. The highest BCUT2D eigenvalue weighted by Gasteiger charge is 2.17. The molecule has 1 aromatic heterocycles. The van der Waals surface area contributed by atoms with Crippen molar-refractivity contribution < 1.29 is 14.3 Å². The third-order valence-electron chi connectivity index (χ3n) is 4.15. The molecule has 0 aliphatic heterocycles. The first-order valence-corrected chi connectivity index (χ1v) is 10.4. The van der Waals surface area contributed by atoms with E-state index in [-0.39, 0.29) is 5.03 Å². The molecule has 0 fully saturated rings. The minimum absolute atomic E-state index is 0.0212. The SMILES string of the molecule is COc1cc(/C=N/NC(=O)C(C)Sc2n[nH]c(=O)[nH]c2=O)ccc1OCc1ccccc1. The Balaban J connectivity index is 1.57. The Kier molecular flexibility index (Phi) is 7.81. The van der Waals surface area contributed by atoms with Crippen LogP contribution in [0.25, 0.3) is 0 Å². The number of rotatable bonds is 9. The van der Waals surface area contributed by atoms with E-state index >= 15 is 0 Å². The highest BCUT2D eigenvalue weighted by Crippen LogP contribution is 2.28. The van der Waals surface area contributed by atoms with Crippen LogP contribution in [0.1, 0.15) is 18.1 Å². The van der Waals surface area contributed by atoms with E-state index in [9.17, 15) is 14.4 Å². The van der Waals surface area contributed by atoms with Crippen molar-refractivity contribution in [1.82, 2.24) is 20.6 Å². The van der Waals surface area contributed by atoms with Crippen LogP contribution in [0.15, 0.2) is 68.2 Å². The number of hydrogen-bond acceptors (Lipinski definition) is 8. The Hall–Kier alpha value is -3.86. The highest BCUT2D eigenvalue weighted by molar-refractivity contribution is 8.00. The number of amides is 1. The molecule has 166 valence electrons. The van der Waals surface area contributed by atoms with Crippen LogP contribution in [0.3, 0.4) is 0 Å². The van der Waals surface area contributed by atoms with Crippen LogP contribution >= 0.6 is 11.8 Å². The van der Waals surface area contributed by atoms with E-state index in [0.29, 0.717) is 23.7 Å². The van der Waals surface area contributed by atoms with Crippen molar-refractivity contribution in [1.29, 1.82) is 0 Å². The lowest BCUT2D eigenvalue weighted by Gasteiger charge is -2.11. The smallest absolute Gasteiger partial charge is 0.342 e. The van der Waals surface area contributed by atoms with Crippen LogP contribution in [0.2, 0.25) is 0 Å². The number of nitrogens with one attached hydrogen (secondary N) is 3. The van der Waals surface area contributed by atoms with Crippen LogP contribution in [0.5, 0.6) is 11.5 Å². The number of aromatic nitrogens is 3. The van der Waals surface area contributed by atoms with Gasteiger partial charge in [0.2, 0.25) is 0 Å². The summed E-state index contributed by atoms with van der Waals surface area (Å²) in [6.07, 6.45) is 1.46. The molecule has 3 N–H and O–H groups in total. The summed E-state index contributed by atoms with van der Waals surface area (Å²) in [4.78, 5) is 36.9. The fourth-order valence-electron chi connectivity index (χ4n) is 2.52. The van der Waals surface area contributed by atoms with E-state index < -0.39 is 22.4 Å². The number of hydrazone groups is 1. The second kappa shape index (κ2) is 11.0. The Bertz CT molecular complexity index is 1210. The average molecular weight is 455 g/mol. The Morgan fingerprint density at radius 3 is 2.72 bits per heavy atom. The summed E-state index contributed by atoms with van der Waals surface area (Å²) in [5.74, 6) is 0.679. The van der Waals surface area contributed by atoms with Gasteiger partial charge < -0.3 is 9.47 Å². The molecule has 1 atom stereocenters. The van der Waals surface area contributed by atoms with Gasteiger partial charge in [-0.25, -0.2) is 15.3 Å². The maximum atomic E-state index is 12.2. The number of benzene rings is 2. The number of hydrogen-bond donors (Lipinski definition) is 3. The van der Waals surface area contributed by atoms with Gasteiger partial charge in [0.1, 0.15) is 6.61 Å². The lowest BCUT2D eigenvalue weighted by molar-refractivity contribution is -0.120. The molecule has 3 rings (SSSR count). The number of carbonyl (C=O) groups is 1. The molecule has 0 aliphatic rings. The van der Waals surface area contributed by atoms with Crippen LogP contribution in [0, 0.1) is 0 Å². The lowest BCUT2D eigenvalue weighted by atomic mass is 10.2. The first-order chi connectivity index (χ1) is 15.5. The largest absolute Gasteiger partial charge is 0.493 e. The maximum Gasteiger partial charge on any atom is 0.342 e. The number of methoxy groups -OCH3 is 1. The predicted octanol–water partition coefficient (Wildman–Crippen LogP) is 1.68. The summed E-state index contributed by atoms with van der Waals surface area (Å²) >= 11 is 0.897. The van der Waals surface area contributed by atoms with Gasteiger partial charge in [-0.05, 0) is 36.2 Å². The molecule has 10 nitrogen and oxygen atoms in total. The molecular weight excluding hydrogens is 434 g/mol. The maximum absolute atomic E-state index is 12.2. The van der Waals surface area contributed by atoms with Gasteiger partial charge in [0.25, 0.3) is 11.5 Å². The molecule has 32 heavy (non-hydrogen) atoms. The molecule has 3 aromatic rings. The highest BCUT2D eigenvalue weighted by atomic mass is 32.2. The zero-order chi connectivity index (χ0) is 22.9. The van der Waals surface area contributed by atoms with Crippen LogP contribution < -0.4 is 26.1 Å². The standard InChI is InChI=1S/C21H21N5O5S/c1-13(32-20-19(28)23-21(29)26-25-20)18(27)24-22-11-15-8-9-16(17(10-15)30-2)31-12-14-6-4-3-5-7-14/h3-11,13H,12H2,1-2H3,(H,24,27)(H2,23,26,28,29)/b22-11+. The number of H-pyrrole nitrogens is 2. The monoisotopic (exact) mass is 455 g/mol. The molecule has 1 heterocycles. The second-order valence-electron chi connectivity index (χ2n) is 6.49. The van der Waals surface area contributed by atoms with Gasteiger partial charge >= 0.3 is 5.69 Å². The topological polar surface area (TPSA) is 139 Å². The fourth-order valence-corrected chi connectivity index (χ4v) is 3.27. The van der Waals surface area contributed by atoms with Crippen LogP contribution in [-0.2, 0) is 11.4 Å². The first-order valence-electron chi connectivity index (χ1n) is 9.49. The molecular formula is C21H21N5O5S. The number of thioether (sulfide) groups is 1. The minimum Gasteiger partial charge on any atom is -0.493 e. The minimum atomic E-state index is -0.715. The quantitative estimate of drug-likeness (QED) is 0.253. The molecule has 1 unspecified atom stereocenters. The fraction of sp³-hybridized carbons (Fsp3) is 0.190. The zero-order valence-electron chi connectivity index (χ0n) is 17.3. The molecule has 1 amide bonds. The summed E-state index contributed by atoms with van der Waals surface area (Å²) < 4.78 is 11.2. The summed E-state index contributed by atoms with van der Waals surface area (Å²) in [7, 11) is 1.54. The molecule has 0 radical (unpaired) electrons. The molecule has 0 aliphatic carbocycles. The van der Waals surface area contributed by atoms with E-state index in [4.69, 9.17) is 9.47 Å². The van der Waals surface area contributed by atoms with Crippen molar-refractivity contribution >= 4 is 23.9 Å². The second-order valence-corrected chi connectivity index (χ2v) is 7.82. The van der Waals surface area contributed by atoms with Crippen LogP contribution in [0.4, 0.5) is 0 Å². The molecule has 11 heteroatoms. The molecule has 0 saturated heterocycles. The number of nitrogens with zero attached hydrogens (tertiary/aromatic N) is 2. The van der Waals surface area contributed by atoms with Crippen molar-refractivity contribution in [2.45, 2.75) is 23.8 Å². The van der Waals surface area contributed by atoms with E-state index in [1.807, 2.05) is 35.3 Å². The van der Waals surface area contributed by atoms with Gasteiger partial charge in [-0.1, -0.05) is 42.1 Å². The Morgan fingerprint density at radius 1 is 1.22 bits per heavy atom. The third-order valence-corrected chi connectivity index (χ3v) is 5.22. The summed E-state index contributed by atoms with van der Waals surface area (Å²) in [5, 5.41) is 8.99. The van der Waals surface area contributed by atoms with Crippen molar-refractivity contribution in [3.8, 4) is 11.5 Å². The van der Waals surface area contributed by atoms with Gasteiger partial charge in [-0.2, -0.15) is 10.2 Å². The predicted molar refractivity (Wildman–Crippen MR) is 120 cm³/mol. The number of aromatic amines is 2. The Morgan fingerprint density at radius 2 is 2.00 bits per heavy atom. The molecule has 0 spiro atoms. The van der Waals surface area contributed by atoms with E-state index in [1.165, 1.54) is 6.21 Å².